The molecule has 8 nitrogen and oxygen atoms in total. The number of urea groups is 1. The van der Waals surface area contributed by atoms with Crippen LogP contribution in [0.4, 0.5) is 16.2 Å². The Hall–Kier alpha value is -2.16. The Bertz CT molecular complexity index is 671. The van der Waals surface area contributed by atoms with Crippen molar-refractivity contribution in [3.63, 3.8) is 0 Å². The molecule has 2 rings (SSSR count). The quantitative estimate of drug-likeness (QED) is 0.644. The highest BCUT2D eigenvalue weighted by molar-refractivity contribution is 7.91. The van der Waals surface area contributed by atoms with E-state index in [9.17, 15) is 23.3 Å². The Morgan fingerprint density at radius 1 is 1.33 bits per heavy atom. The van der Waals surface area contributed by atoms with E-state index in [2.05, 4.69) is 10.6 Å². The van der Waals surface area contributed by atoms with E-state index < -0.39 is 26.3 Å². The fraction of sp³-hybridized carbons (Fsp3) is 0.417. The lowest BCUT2D eigenvalue weighted by Gasteiger charge is -2.23. The zero-order chi connectivity index (χ0) is 15.7. The van der Waals surface area contributed by atoms with Gasteiger partial charge in [0.15, 0.2) is 9.84 Å². The number of nitro groups is 1. The summed E-state index contributed by atoms with van der Waals surface area (Å²) in [6.07, 6.45) is 0.364. The third-order valence-corrected chi connectivity index (χ3v) is 5.16. The molecule has 0 saturated carbocycles. The largest absolute Gasteiger partial charge is 0.332 e. The number of hydrogen-bond acceptors (Lipinski definition) is 5. The van der Waals surface area contributed by atoms with Crippen molar-refractivity contribution in [2.45, 2.75) is 18.9 Å². The lowest BCUT2D eigenvalue weighted by Crippen LogP contribution is -2.48. The minimum absolute atomic E-state index is 0.0569. The molecule has 114 valence electrons. The van der Waals surface area contributed by atoms with Gasteiger partial charge in [0.05, 0.1) is 22.0 Å². The molecule has 1 fully saturated rings. The highest BCUT2D eigenvalue weighted by Gasteiger charge is 2.39. The van der Waals surface area contributed by atoms with Gasteiger partial charge in [-0.2, -0.15) is 0 Å². The number of sulfone groups is 1. The fourth-order valence-corrected chi connectivity index (χ4v) is 4.31. The molecule has 0 aliphatic carbocycles. The number of nitrogens with zero attached hydrogens (tertiary/aromatic N) is 1. The van der Waals surface area contributed by atoms with Gasteiger partial charge in [0.2, 0.25) is 0 Å². The Labute approximate surface area is 121 Å². The predicted molar refractivity (Wildman–Crippen MR) is 76.9 cm³/mol. The first kappa shape index (κ1) is 15.2. The average molecular weight is 313 g/mol. The maximum Gasteiger partial charge on any atom is 0.319 e. The standard InChI is InChI=1S/C12H15N3O5S/c1-12(6-7-21(19,20)8-12)14-11(16)13-9-2-4-10(5-3-9)15(17)18/h2-5H,6-8H2,1H3,(H2,13,14,16)/t12-/m0/s1. The van der Waals surface area contributed by atoms with Gasteiger partial charge in [-0.3, -0.25) is 10.1 Å². The summed E-state index contributed by atoms with van der Waals surface area (Å²) < 4.78 is 22.9. The molecule has 9 heteroatoms. The van der Waals surface area contributed by atoms with Crippen LogP contribution in [0.15, 0.2) is 24.3 Å². The highest BCUT2D eigenvalue weighted by atomic mass is 32.2. The molecule has 0 radical (unpaired) electrons. The molecular formula is C12H15N3O5S. The molecule has 0 aromatic heterocycles. The van der Waals surface area contributed by atoms with Crippen LogP contribution in [0.1, 0.15) is 13.3 Å². The van der Waals surface area contributed by atoms with E-state index in [1.165, 1.54) is 24.3 Å². The van der Waals surface area contributed by atoms with E-state index in [0.29, 0.717) is 12.1 Å². The van der Waals surface area contributed by atoms with Crippen LogP contribution in [0.5, 0.6) is 0 Å². The Morgan fingerprint density at radius 3 is 2.43 bits per heavy atom. The molecular weight excluding hydrogens is 298 g/mol. The Balaban J connectivity index is 1.97. The van der Waals surface area contributed by atoms with E-state index in [4.69, 9.17) is 0 Å². The summed E-state index contributed by atoms with van der Waals surface area (Å²) in [6, 6.07) is 4.83. The summed E-state index contributed by atoms with van der Waals surface area (Å²) >= 11 is 0. The van der Waals surface area contributed by atoms with Gasteiger partial charge in [0.25, 0.3) is 5.69 Å². The second-order valence-corrected chi connectivity index (χ2v) is 7.47. The van der Waals surface area contributed by atoms with Crippen LogP contribution >= 0.6 is 0 Å². The number of hydrogen-bond donors (Lipinski definition) is 2. The third-order valence-electron chi connectivity index (χ3n) is 3.25. The van der Waals surface area contributed by atoms with E-state index in [-0.39, 0.29) is 17.2 Å². The predicted octanol–water partition coefficient (Wildman–Crippen LogP) is 1.29. The molecule has 1 aromatic carbocycles. The summed E-state index contributed by atoms with van der Waals surface area (Å²) in [4.78, 5) is 21.8. The first-order chi connectivity index (χ1) is 9.69. The SMILES string of the molecule is C[C@]1(NC(=O)Nc2ccc([N+](=O)[O-])cc2)CCS(=O)(=O)C1. The van der Waals surface area contributed by atoms with Crippen molar-refractivity contribution in [3.05, 3.63) is 34.4 Å². The molecule has 2 amide bonds. The molecule has 1 aliphatic rings. The minimum atomic E-state index is -3.11. The van der Waals surface area contributed by atoms with Crippen LogP contribution in [0, 0.1) is 10.1 Å². The maximum absolute atomic E-state index is 11.9. The summed E-state index contributed by atoms with van der Waals surface area (Å²) in [5, 5.41) is 15.7. The molecule has 0 unspecified atom stereocenters. The number of rotatable bonds is 3. The number of carbonyl (C=O) groups is 1. The van der Waals surface area contributed by atoms with Crippen LogP contribution in [-0.4, -0.2) is 36.4 Å². The topological polar surface area (TPSA) is 118 Å². The number of anilines is 1. The maximum atomic E-state index is 11.9. The molecule has 0 bridgehead atoms. The first-order valence-corrected chi connectivity index (χ1v) is 8.05. The van der Waals surface area contributed by atoms with Crippen LogP contribution in [0.25, 0.3) is 0 Å². The van der Waals surface area contributed by atoms with Crippen molar-refractivity contribution in [2.24, 2.45) is 0 Å². The van der Waals surface area contributed by atoms with E-state index >= 15 is 0 Å². The van der Waals surface area contributed by atoms with Crippen LogP contribution in [0.2, 0.25) is 0 Å². The van der Waals surface area contributed by atoms with Gasteiger partial charge >= 0.3 is 6.03 Å². The summed E-state index contributed by atoms with van der Waals surface area (Å²) in [5.41, 5.74) is -0.471. The number of amides is 2. The molecule has 21 heavy (non-hydrogen) atoms. The molecule has 1 aromatic rings. The van der Waals surface area contributed by atoms with Gasteiger partial charge in [-0.15, -0.1) is 0 Å². The number of benzene rings is 1. The van der Waals surface area contributed by atoms with Crippen LogP contribution in [0.3, 0.4) is 0 Å². The van der Waals surface area contributed by atoms with Crippen molar-refractivity contribution in [3.8, 4) is 0 Å². The zero-order valence-corrected chi connectivity index (χ0v) is 12.1. The second kappa shape index (κ2) is 5.32. The summed E-state index contributed by atoms with van der Waals surface area (Å²) in [6.45, 7) is 1.67. The van der Waals surface area contributed by atoms with Gasteiger partial charge < -0.3 is 10.6 Å². The molecule has 1 heterocycles. The molecule has 1 aliphatic heterocycles. The zero-order valence-electron chi connectivity index (χ0n) is 11.3. The van der Waals surface area contributed by atoms with Crippen molar-refractivity contribution in [1.82, 2.24) is 5.32 Å². The first-order valence-electron chi connectivity index (χ1n) is 6.23. The lowest BCUT2D eigenvalue weighted by atomic mass is 10.0. The van der Waals surface area contributed by atoms with Crippen LogP contribution in [-0.2, 0) is 9.84 Å². The Morgan fingerprint density at radius 2 is 1.95 bits per heavy atom. The second-order valence-electron chi connectivity index (χ2n) is 5.29. The van der Waals surface area contributed by atoms with E-state index in [1.807, 2.05) is 0 Å². The number of nitrogens with one attached hydrogen (secondary N) is 2. The molecule has 2 N–H and O–H groups in total. The van der Waals surface area contributed by atoms with Crippen molar-refractivity contribution in [2.75, 3.05) is 16.8 Å². The number of nitro benzene ring substituents is 1. The van der Waals surface area contributed by atoms with Gasteiger partial charge in [0, 0.05) is 17.8 Å². The van der Waals surface area contributed by atoms with Gasteiger partial charge in [0.1, 0.15) is 0 Å². The van der Waals surface area contributed by atoms with Crippen LogP contribution < -0.4 is 10.6 Å². The smallest absolute Gasteiger partial charge is 0.319 e. The van der Waals surface area contributed by atoms with E-state index in [0.717, 1.165) is 0 Å². The van der Waals surface area contributed by atoms with Gasteiger partial charge in [-0.05, 0) is 25.5 Å². The normalized spacial score (nSPS) is 23.5. The third kappa shape index (κ3) is 3.91. The monoisotopic (exact) mass is 313 g/mol. The Kier molecular flexibility index (Phi) is 3.86. The summed E-state index contributed by atoms with van der Waals surface area (Å²) in [7, 11) is -3.11. The van der Waals surface area contributed by atoms with Gasteiger partial charge in [-0.25, -0.2) is 13.2 Å². The van der Waals surface area contributed by atoms with Crippen molar-refractivity contribution < 1.29 is 18.1 Å². The fourth-order valence-electron chi connectivity index (χ4n) is 2.21. The summed E-state index contributed by atoms with van der Waals surface area (Å²) in [5.74, 6) is -0.0327. The van der Waals surface area contributed by atoms with Crippen molar-refractivity contribution in [1.29, 1.82) is 0 Å². The lowest BCUT2D eigenvalue weighted by molar-refractivity contribution is -0.384. The van der Waals surface area contributed by atoms with E-state index in [1.54, 1.807) is 6.92 Å². The highest BCUT2D eigenvalue weighted by Crippen LogP contribution is 2.23. The average Bonchev–Trinajstić information content (AvgIpc) is 2.63. The van der Waals surface area contributed by atoms with Gasteiger partial charge in [-0.1, -0.05) is 0 Å². The van der Waals surface area contributed by atoms with Crippen molar-refractivity contribution >= 4 is 27.2 Å². The molecule has 1 saturated heterocycles. The molecule has 0 spiro atoms. The minimum Gasteiger partial charge on any atom is -0.332 e. The number of non-ortho nitro benzene ring substituents is 1. The number of carbonyl (C=O) groups excluding carboxylic acids is 1. The molecule has 1 atom stereocenters.